The Balaban J connectivity index is 1.88. The minimum Gasteiger partial charge on any atom is -0.463 e. The Morgan fingerprint density at radius 1 is 1.34 bits per heavy atom. The van der Waals surface area contributed by atoms with Crippen molar-refractivity contribution < 1.29 is 18.3 Å². The van der Waals surface area contributed by atoms with E-state index in [1.165, 1.54) is 24.7 Å². The predicted molar refractivity (Wildman–Crippen MR) is 119 cm³/mol. The number of aliphatic imine (C=N–C) groups is 1. The zero-order valence-electron chi connectivity index (χ0n) is 17.7. The first-order chi connectivity index (χ1) is 15.1. The monoisotopic (exact) mass is 460 g/mol. The molecule has 11 heteroatoms. The number of ether oxygens (including phenoxy) is 1. The Morgan fingerprint density at radius 2 is 2.09 bits per heavy atom. The van der Waals surface area contributed by atoms with Crippen LogP contribution < -0.4 is 15.8 Å². The van der Waals surface area contributed by atoms with Gasteiger partial charge in [0.1, 0.15) is 12.4 Å². The second kappa shape index (κ2) is 9.08. The summed E-state index contributed by atoms with van der Waals surface area (Å²) in [5.74, 6) is 0.670. The maximum atomic E-state index is 14.8. The number of alkyl halides is 1. The first-order valence-electron chi connectivity index (χ1n) is 9.59. The smallest absolute Gasteiger partial charge is 0.275 e. The van der Waals surface area contributed by atoms with Crippen LogP contribution in [0.3, 0.4) is 0 Å². The topological polar surface area (TPSA) is 115 Å². The Morgan fingerprint density at radius 3 is 2.72 bits per heavy atom. The van der Waals surface area contributed by atoms with Crippen LogP contribution in [0.4, 0.5) is 14.5 Å². The number of aromatic nitrogens is 3. The molecule has 0 bridgehead atoms. The van der Waals surface area contributed by atoms with E-state index in [1.807, 2.05) is 0 Å². The molecule has 3 heterocycles. The van der Waals surface area contributed by atoms with E-state index in [-0.39, 0.29) is 34.6 Å². The second-order valence-corrected chi connectivity index (χ2v) is 9.17. The molecule has 0 unspecified atom stereocenters. The van der Waals surface area contributed by atoms with E-state index in [0.717, 1.165) is 11.8 Å². The molecule has 1 aliphatic heterocycles. The van der Waals surface area contributed by atoms with Crippen molar-refractivity contribution in [3.05, 3.63) is 41.9 Å². The van der Waals surface area contributed by atoms with E-state index in [4.69, 9.17) is 16.9 Å². The molecule has 0 aliphatic carbocycles. The molecule has 0 saturated heterocycles. The normalized spacial score (nSPS) is 24.9. The van der Waals surface area contributed by atoms with Gasteiger partial charge in [-0.1, -0.05) is 24.6 Å². The van der Waals surface area contributed by atoms with Crippen molar-refractivity contribution in [1.29, 1.82) is 0 Å². The van der Waals surface area contributed by atoms with Gasteiger partial charge in [0.05, 0.1) is 34.6 Å². The van der Waals surface area contributed by atoms with Gasteiger partial charge in [0.2, 0.25) is 11.8 Å². The number of hydrogen-bond acceptors (Lipinski definition) is 8. The Labute approximate surface area is 188 Å². The predicted octanol–water partition coefficient (Wildman–Crippen LogP) is 2.92. The van der Waals surface area contributed by atoms with Crippen molar-refractivity contribution in [2.24, 2.45) is 16.6 Å². The van der Waals surface area contributed by atoms with E-state index < -0.39 is 34.7 Å². The molecule has 2 aromatic rings. The van der Waals surface area contributed by atoms with Gasteiger partial charge in [-0.25, -0.2) is 19.3 Å². The molecule has 32 heavy (non-hydrogen) atoms. The summed E-state index contributed by atoms with van der Waals surface area (Å²) in [5, 5.41) is 2.76. The van der Waals surface area contributed by atoms with Crippen LogP contribution in [0, 0.1) is 24.2 Å². The molecule has 0 spiro atoms. The molecule has 2 aromatic heterocycles. The minimum absolute atomic E-state index is 0.00449. The van der Waals surface area contributed by atoms with Crippen LogP contribution in [0.5, 0.6) is 5.88 Å². The van der Waals surface area contributed by atoms with E-state index in [9.17, 15) is 13.6 Å². The molecular formula is C21H22F2N6O2S. The largest absolute Gasteiger partial charge is 0.463 e. The summed E-state index contributed by atoms with van der Waals surface area (Å²) in [7, 11) is 0. The van der Waals surface area contributed by atoms with Crippen LogP contribution in [0.25, 0.3) is 0 Å². The van der Waals surface area contributed by atoms with E-state index in [1.54, 1.807) is 20.8 Å². The summed E-state index contributed by atoms with van der Waals surface area (Å²) in [6.45, 7) is 4.52. The summed E-state index contributed by atoms with van der Waals surface area (Å²) >= 11 is 1.12. The molecule has 0 fully saturated rings. The fourth-order valence-electron chi connectivity index (χ4n) is 3.40. The van der Waals surface area contributed by atoms with Gasteiger partial charge >= 0.3 is 0 Å². The highest BCUT2D eigenvalue weighted by Crippen LogP contribution is 2.50. The molecule has 3 N–H and O–H groups in total. The van der Waals surface area contributed by atoms with Crippen molar-refractivity contribution in [3.8, 4) is 18.2 Å². The van der Waals surface area contributed by atoms with E-state index >= 15 is 0 Å². The second-order valence-electron chi connectivity index (χ2n) is 7.62. The highest BCUT2D eigenvalue weighted by atomic mass is 32.2. The maximum Gasteiger partial charge on any atom is 0.275 e. The van der Waals surface area contributed by atoms with Gasteiger partial charge in [-0.15, -0.1) is 6.42 Å². The van der Waals surface area contributed by atoms with Crippen molar-refractivity contribution in [2.75, 3.05) is 18.6 Å². The van der Waals surface area contributed by atoms with Gasteiger partial charge < -0.3 is 15.8 Å². The zero-order chi connectivity index (χ0) is 23.5. The average molecular weight is 461 g/mol. The molecule has 1 aliphatic rings. The number of amidine groups is 1. The lowest BCUT2D eigenvalue weighted by atomic mass is 9.74. The molecule has 3 rings (SSSR count). The quantitative estimate of drug-likeness (QED) is 0.503. The van der Waals surface area contributed by atoms with Crippen molar-refractivity contribution >= 4 is 28.5 Å². The summed E-state index contributed by atoms with van der Waals surface area (Å²) in [5.41, 5.74) is 5.06. The van der Waals surface area contributed by atoms with Crippen LogP contribution in [-0.2, 0) is 5.54 Å². The molecule has 0 saturated carbocycles. The molecule has 168 valence electrons. The van der Waals surface area contributed by atoms with Gasteiger partial charge in [-0.05, 0) is 19.9 Å². The van der Waals surface area contributed by atoms with Gasteiger partial charge in [0.15, 0.2) is 11.8 Å². The Hall–Kier alpha value is -3.26. The zero-order valence-corrected chi connectivity index (χ0v) is 18.5. The minimum atomic E-state index is -1.19. The first-order valence-corrected chi connectivity index (χ1v) is 10.4. The molecule has 1 amide bonds. The number of amides is 1. The van der Waals surface area contributed by atoms with Crippen LogP contribution in [0.15, 0.2) is 29.6 Å². The fraction of sp³-hybridized carbons (Fsp3) is 0.381. The summed E-state index contributed by atoms with van der Waals surface area (Å²) in [6, 6.07) is 1.42. The van der Waals surface area contributed by atoms with Crippen molar-refractivity contribution in [3.63, 3.8) is 0 Å². The number of halogens is 2. The van der Waals surface area contributed by atoms with Crippen molar-refractivity contribution in [2.45, 2.75) is 31.1 Å². The van der Waals surface area contributed by atoms with Crippen LogP contribution in [0.1, 0.15) is 36.8 Å². The third-order valence-electron chi connectivity index (χ3n) is 5.51. The van der Waals surface area contributed by atoms with Crippen LogP contribution >= 0.6 is 11.8 Å². The summed E-state index contributed by atoms with van der Waals surface area (Å²) in [4.78, 5) is 28.7. The Kier molecular flexibility index (Phi) is 6.64. The van der Waals surface area contributed by atoms with Crippen molar-refractivity contribution in [1.82, 2.24) is 15.0 Å². The highest BCUT2D eigenvalue weighted by molar-refractivity contribution is 8.15. The SMILES string of the molecule is C#CCOc1cnc(C(=O)Nc2cnc(F)c([C@@]3(C)N=C(N)S[C@](C)(CF)[C@H]3C)c2)cn1. The number of pyridine rings is 1. The fourth-order valence-corrected chi connectivity index (χ4v) is 4.57. The summed E-state index contributed by atoms with van der Waals surface area (Å²) in [6.07, 6.45) is 8.76. The number of nitrogens with one attached hydrogen (secondary N) is 1. The van der Waals surface area contributed by atoms with Crippen LogP contribution in [-0.4, -0.2) is 44.1 Å². The number of nitrogens with two attached hydrogens (primary N) is 1. The number of thioether (sulfide) groups is 1. The molecule has 0 aromatic carbocycles. The standard InChI is InChI=1S/C21H22F2N6O2S/c1-5-6-31-16-10-25-15(9-26-16)18(30)28-13-7-14(17(23)27-8-13)21(4)12(2)20(3,11-22)32-19(24)29-21/h1,7-10,12H,6,11H2,2-4H3,(H2,24,29)(H,28,30)/t12-,20-,21+/m1/s1. The van der Waals surface area contributed by atoms with Gasteiger partial charge in [-0.2, -0.15) is 4.39 Å². The molecule has 8 nitrogen and oxygen atoms in total. The molecular weight excluding hydrogens is 438 g/mol. The number of terminal acetylenes is 1. The number of carbonyl (C=O) groups excluding carboxylic acids is 1. The first kappa shape index (κ1) is 23.4. The Bertz CT molecular complexity index is 1090. The third kappa shape index (κ3) is 4.50. The molecule has 3 atom stereocenters. The maximum absolute atomic E-state index is 14.8. The van der Waals surface area contributed by atoms with Gasteiger partial charge in [0, 0.05) is 11.5 Å². The lowest BCUT2D eigenvalue weighted by Crippen LogP contribution is -2.49. The van der Waals surface area contributed by atoms with E-state index in [2.05, 4.69) is 31.2 Å². The number of rotatable bonds is 6. The van der Waals surface area contributed by atoms with Gasteiger partial charge in [-0.3, -0.25) is 9.79 Å². The number of carbonyl (C=O) groups is 1. The summed E-state index contributed by atoms with van der Waals surface area (Å²) < 4.78 is 32.8. The highest BCUT2D eigenvalue weighted by Gasteiger charge is 2.50. The van der Waals surface area contributed by atoms with Crippen LogP contribution in [0.2, 0.25) is 0 Å². The van der Waals surface area contributed by atoms with E-state index in [0.29, 0.717) is 0 Å². The number of anilines is 1. The lowest BCUT2D eigenvalue weighted by molar-refractivity contribution is 0.102. The lowest BCUT2D eigenvalue weighted by Gasteiger charge is -2.46. The molecule has 0 radical (unpaired) electrons. The average Bonchev–Trinajstić information content (AvgIpc) is 2.77. The third-order valence-corrected chi connectivity index (χ3v) is 6.74. The number of nitrogens with zero attached hydrogens (tertiary/aromatic N) is 4. The number of hydrogen-bond donors (Lipinski definition) is 2. The van der Waals surface area contributed by atoms with Gasteiger partial charge in [0.25, 0.3) is 5.91 Å².